The molecule has 2 aromatic carbocycles. The number of hydrogen-bond acceptors (Lipinski definition) is 3. The molecule has 1 aliphatic rings. The number of rotatable bonds is 1. The Labute approximate surface area is 122 Å². The Balaban J connectivity index is 2.31. The normalized spacial score (nSPS) is 13.1. The van der Waals surface area contributed by atoms with E-state index >= 15 is 0 Å². The number of methoxy groups -OCH3 is 1. The zero-order valence-electron chi connectivity index (χ0n) is 11.3. The predicted molar refractivity (Wildman–Crippen MR) is 81.7 cm³/mol. The fourth-order valence-electron chi connectivity index (χ4n) is 2.39. The molecule has 1 heterocycles. The molecule has 2 nitrogen and oxygen atoms in total. The van der Waals surface area contributed by atoms with E-state index in [2.05, 4.69) is 12.1 Å². The molecule has 2 aromatic rings. The minimum Gasteiger partial charge on any atom is -0.497 e. The maximum atomic E-state index is 9.52. The van der Waals surface area contributed by atoms with Crippen molar-refractivity contribution in [3.8, 4) is 11.8 Å². The molecular weight excluding hydrogens is 266 g/mol. The molecule has 0 spiro atoms. The van der Waals surface area contributed by atoms with Crippen LogP contribution >= 0.6 is 11.8 Å². The topological polar surface area (TPSA) is 33.0 Å². The number of nitrogens with zero attached hydrogens (tertiary/aromatic N) is 1. The van der Waals surface area contributed by atoms with Crippen LogP contribution in [0.25, 0.3) is 11.1 Å². The van der Waals surface area contributed by atoms with E-state index in [1.807, 2.05) is 43.3 Å². The first kappa shape index (κ1) is 12.8. The Hall–Kier alpha value is -2.18. The number of hydrogen-bond donors (Lipinski definition) is 0. The zero-order valence-corrected chi connectivity index (χ0v) is 12.1. The molecule has 0 atom stereocenters. The van der Waals surface area contributed by atoms with Gasteiger partial charge in [-0.1, -0.05) is 30.0 Å². The van der Waals surface area contributed by atoms with E-state index in [-0.39, 0.29) is 0 Å². The Morgan fingerprint density at radius 3 is 2.60 bits per heavy atom. The number of fused-ring (bicyclic) bond motifs is 2. The van der Waals surface area contributed by atoms with Crippen LogP contribution in [0.3, 0.4) is 0 Å². The molecule has 0 radical (unpaired) electrons. The minimum atomic E-state index is 0.747. The standard InChI is InChI=1S/C17H13NOS/c1-11-13-8-7-12(19-2)9-17(13)20-16-6-4-3-5-14(16)15(11)10-18/h3-9H,1-2H3. The Kier molecular flexibility index (Phi) is 3.25. The summed E-state index contributed by atoms with van der Waals surface area (Å²) in [4.78, 5) is 2.23. The van der Waals surface area contributed by atoms with E-state index in [9.17, 15) is 5.26 Å². The van der Waals surface area contributed by atoms with Gasteiger partial charge in [0.15, 0.2) is 0 Å². The van der Waals surface area contributed by atoms with Crippen LogP contribution in [0.15, 0.2) is 52.3 Å². The lowest BCUT2D eigenvalue weighted by Crippen LogP contribution is -1.89. The first-order valence-corrected chi connectivity index (χ1v) is 7.13. The quantitative estimate of drug-likeness (QED) is 0.764. The van der Waals surface area contributed by atoms with Gasteiger partial charge in [0, 0.05) is 15.4 Å². The third-order valence-electron chi connectivity index (χ3n) is 3.46. The van der Waals surface area contributed by atoms with Crippen molar-refractivity contribution in [2.45, 2.75) is 16.7 Å². The summed E-state index contributed by atoms with van der Waals surface area (Å²) in [5, 5.41) is 9.52. The summed E-state index contributed by atoms with van der Waals surface area (Å²) in [7, 11) is 1.67. The molecule has 98 valence electrons. The van der Waals surface area contributed by atoms with Gasteiger partial charge in [-0.2, -0.15) is 5.26 Å². The van der Waals surface area contributed by atoms with Crippen LogP contribution in [-0.4, -0.2) is 7.11 Å². The lowest BCUT2D eigenvalue weighted by molar-refractivity contribution is 0.413. The van der Waals surface area contributed by atoms with Crippen molar-refractivity contribution in [1.29, 1.82) is 5.26 Å². The van der Waals surface area contributed by atoms with E-state index in [4.69, 9.17) is 4.74 Å². The second-order valence-electron chi connectivity index (χ2n) is 4.57. The maximum absolute atomic E-state index is 9.52. The van der Waals surface area contributed by atoms with Gasteiger partial charge >= 0.3 is 0 Å². The maximum Gasteiger partial charge on any atom is 0.120 e. The number of nitriles is 1. The average Bonchev–Trinajstić information content (AvgIpc) is 2.60. The van der Waals surface area contributed by atoms with Crippen molar-refractivity contribution in [3.63, 3.8) is 0 Å². The molecule has 0 N–H and O–H groups in total. The average molecular weight is 279 g/mol. The summed E-state index contributed by atoms with van der Waals surface area (Å²) in [6.07, 6.45) is 0. The highest BCUT2D eigenvalue weighted by Crippen LogP contribution is 2.44. The highest BCUT2D eigenvalue weighted by atomic mass is 32.2. The van der Waals surface area contributed by atoms with Crippen LogP contribution in [0.1, 0.15) is 18.1 Å². The number of benzene rings is 2. The van der Waals surface area contributed by atoms with E-state index in [1.54, 1.807) is 18.9 Å². The monoisotopic (exact) mass is 279 g/mol. The van der Waals surface area contributed by atoms with Gasteiger partial charge in [-0.15, -0.1) is 0 Å². The SMILES string of the molecule is COc1ccc2c(c1)Sc1ccccc1C(C#N)=C2C. The van der Waals surface area contributed by atoms with E-state index in [0.29, 0.717) is 0 Å². The molecule has 0 unspecified atom stereocenters. The lowest BCUT2D eigenvalue weighted by atomic mass is 9.97. The highest BCUT2D eigenvalue weighted by molar-refractivity contribution is 7.99. The third-order valence-corrected chi connectivity index (χ3v) is 4.59. The molecule has 0 bridgehead atoms. The summed E-state index contributed by atoms with van der Waals surface area (Å²) in [6.45, 7) is 2.01. The van der Waals surface area contributed by atoms with Gasteiger partial charge in [0.2, 0.25) is 0 Å². The van der Waals surface area contributed by atoms with E-state index < -0.39 is 0 Å². The van der Waals surface area contributed by atoms with Crippen molar-refractivity contribution < 1.29 is 4.74 Å². The first-order chi connectivity index (χ1) is 9.74. The minimum absolute atomic E-state index is 0.747. The molecule has 20 heavy (non-hydrogen) atoms. The second kappa shape index (κ2) is 5.07. The molecule has 0 amide bonds. The molecule has 0 fully saturated rings. The molecule has 1 aliphatic heterocycles. The van der Waals surface area contributed by atoms with Crippen molar-refractivity contribution in [2.75, 3.05) is 7.11 Å². The molecule has 0 saturated carbocycles. The highest BCUT2D eigenvalue weighted by Gasteiger charge is 2.20. The van der Waals surface area contributed by atoms with Gasteiger partial charge in [0.25, 0.3) is 0 Å². The second-order valence-corrected chi connectivity index (χ2v) is 5.66. The largest absolute Gasteiger partial charge is 0.497 e. The molecular formula is C17H13NOS. The molecule has 3 rings (SSSR count). The van der Waals surface area contributed by atoms with E-state index in [0.717, 1.165) is 37.8 Å². The predicted octanol–water partition coefficient (Wildman–Crippen LogP) is 4.61. The fourth-order valence-corrected chi connectivity index (χ4v) is 3.56. The number of allylic oxidation sites excluding steroid dienone is 2. The van der Waals surface area contributed by atoms with Crippen LogP contribution in [-0.2, 0) is 0 Å². The molecule has 0 aromatic heterocycles. The Bertz CT molecular complexity index is 756. The summed E-state index contributed by atoms with van der Waals surface area (Å²) in [5.41, 5.74) is 3.87. The first-order valence-electron chi connectivity index (χ1n) is 6.31. The van der Waals surface area contributed by atoms with Crippen LogP contribution in [0.4, 0.5) is 0 Å². The van der Waals surface area contributed by atoms with Crippen LogP contribution in [0.2, 0.25) is 0 Å². The van der Waals surface area contributed by atoms with Crippen molar-refractivity contribution in [3.05, 3.63) is 53.6 Å². The summed E-state index contributed by atoms with van der Waals surface area (Å²) in [6, 6.07) is 16.4. The smallest absolute Gasteiger partial charge is 0.120 e. The molecule has 0 saturated heterocycles. The van der Waals surface area contributed by atoms with Gasteiger partial charge in [0.05, 0.1) is 12.7 Å². The Morgan fingerprint density at radius 2 is 1.85 bits per heavy atom. The fraction of sp³-hybridized carbons (Fsp3) is 0.118. The van der Waals surface area contributed by atoms with Gasteiger partial charge in [-0.25, -0.2) is 0 Å². The van der Waals surface area contributed by atoms with Crippen LogP contribution in [0.5, 0.6) is 5.75 Å². The van der Waals surface area contributed by atoms with Crippen molar-refractivity contribution >= 4 is 22.9 Å². The third kappa shape index (κ3) is 1.99. The van der Waals surface area contributed by atoms with Crippen molar-refractivity contribution in [2.24, 2.45) is 0 Å². The Morgan fingerprint density at radius 1 is 1.05 bits per heavy atom. The van der Waals surface area contributed by atoms with Crippen LogP contribution < -0.4 is 4.74 Å². The summed E-state index contributed by atoms with van der Waals surface area (Å²) in [5.74, 6) is 0.835. The number of ether oxygens (including phenoxy) is 1. The lowest BCUT2D eigenvalue weighted by Gasteiger charge is -2.09. The van der Waals surface area contributed by atoms with Gasteiger partial charge in [0.1, 0.15) is 11.8 Å². The van der Waals surface area contributed by atoms with Gasteiger partial charge < -0.3 is 4.74 Å². The van der Waals surface area contributed by atoms with E-state index in [1.165, 1.54) is 0 Å². The summed E-state index contributed by atoms with van der Waals surface area (Å²) < 4.78 is 5.30. The van der Waals surface area contributed by atoms with Crippen LogP contribution in [0, 0.1) is 11.3 Å². The molecule has 0 aliphatic carbocycles. The van der Waals surface area contributed by atoms with Crippen molar-refractivity contribution in [1.82, 2.24) is 0 Å². The molecule has 3 heteroatoms. The summed E-state index contributed by atoms with van der Waals surface area (Å²) >= 11 is 1.68. The zero-order chi connectivity index (χ0) is 14.1. The van der Waals surface area contributed by atoms with Gasteiger partial charge in [-0.3, -0.25) is 0 Å². The van der Waals surface area contributed by atoms with Gasteiger partial charge in [-0.05, 0) is 42.3 Å².